The zero-order valence-corrected chi connectivity index (χ0v) is 12.8. The minimum absolute atomic E-state index is 0.0119. The third-order valence-corrected chi connectivity index (χ3v) is 3.46. The Morgan fingerprint density at radius 1 is 1.56 bits per heavy atom. The molecule has 1 atom stereocenters. The molecular weight excluding hydrogens is 318 g/mol. The summed E-state index contributed by atoms with van der Waals surface area (Å²) in [6.45, 7) is 2.38. The van der Waals surface area contributed by atoms with Gasteiger partial charge in [-0.1, -0.05) is 27.5 Å². The molecule has 0 spiro atoms. The van der Waals surface area contributed by atoms with Gasteiger partial charge >= 0.3 is 0 Å². The summed E-state index contributed by atoms with van der Waals surface area (Å²) in [5.74, 6) is -0.0993. The van der Waals surface area contributed by atoms with Crippen LogP contribution in [0, 0.1) is 6.92 Å². The van der Waals surface area contributed by atoms with E-state index in [-0.39, 0.29) is 11.9 Å². The Morgan fingerprint density at radius 2 is 2.28 bits per heavy atom. The zero-order valence-electron chi connectivity index (χ0n) is 10.5. The van der Waals surface area contributed by atoms with Crippen molar-refractivity contribution in [1.82, 2.24) is 5.32 Å². The van der Waals surface area contributed by atoms with Crippen LogP contribution in [0.2, 0.25) is 5.02 Å². The first-order valence-corrected chi connectivity index (χ1v) is 7.20. The van der Waals surface area contributed by atoms with Gasteiger partial charge in [-0.25, -0.2) is 0 Å². The molecule has 0 aromatic heterocycles. The fraction of sp³-hybridized carbons (Fsp3) is 0.462. The van der Waals surface area contributed by atoms with Crippen molar-refractivity contribution in [2.24, 2.45) is 0 Å². The van der Waals surface area contributed by atoms with Gasteiger partial charge in [0.2, 0.25) is 0 Å². The number of carbonyl (C=O) groups excluding carboxylic acids is 1. The van der Waals surface area contributed by atoms with Crippen LogP contribution in [0.5, 0.6) is 0 Å². The smallest absolute Gasteiger partial charge is 0.251 e. The van der Waals surface area contributed by atoms with Gasteiger partial charge in [-0.05, 0) is 37.1 Å². The van der Waals surface area contributed by atoms with Gasteiger partial charge in [-0.2, -0.15) is 0 Å². The first-order valence-electron chi connectivity index (χ1n) is 5.70. The first-order chi connectivity index (χ1) is 8.58. The number of amides is 1. The summed E-state index contributed by atoms with van der Waals surface area (Å²) >= 11 is 9.30. The Bertz CT molecular complexity index is 406. The first kappa shape index (κ1) is 15.5. The molecular formula is C13H17BrClNO2. The van der Waals surface area contributed by atoms with E-state index in [4.69, 9.17) is 16.3 Å². The molecule has 1 N–H and O–H groups in total. The minimum atomic E-state index is -0.0993. The van der Waals surface area contributed by atoms with Crippen LogP contribution < -0.4 is 5.32 Å². The minimum Gasteiger partial charge on any atom is -0.383 e. The normalized spacial score (nSPS) is 12.2. The fourth-order valence-corrected chi connectivity index (χ4v) is 2.25. The van der Waals surface area contributed by atoms with Crippen LogP contribution in [0.1, 0.15) is 22.3 Å². The second-order valence-electron chi connectivity index (χ2n) is 4.07. The highest BCUT2D eigenvalue weighted by Gasteiger charge is 2.13. The van der Waals surface area contributed by atoms with Gasteiger partial charge in [0, 0.05) is 23.0 Å². The van der Waals surface area contributed by atoms with Crippen molar-refractivity contribution in [2.45, 2.75) is 19.4 Å². The molecule has 0 heterocycles. The Morgan fingerprint density at radius 3 is 2.83 bits per heavy atom. The predicted octanol–water partition coefficient (Wildman–Crippen LogP) is 3.18. The van der Waals surface area contributed by atoms with Crippen LogP contribution in [-0.4, -0.2) is 31.0 Å². The number of carbonyl (C=O) groups is 1. The molecule has 1 rings (SSSR count). The summed E-state index contributed by atoms with van der Waals surface area (Å²) in [6, 6.07) is 5.26. The SMILES string of the molecule is COCC(CCBr)NC(=O)c1ccc(Cl)c(C)c1. The molecule has 0 saturated carbocycles. The molecule has 1 unspecified atom stereocenters. The number of methoxy groups -OCH3 is 1. The Labute approximate surface area is 121 Å². The summed E-state index contributed by atoms with van der Waals surface area (Å²) in [4.78, 5) is 12.0. The van der Waals surface area contributed by atoms with Crippen LogP contribution in [0.25, 0.3) is 0 Å². The molecule has 0 bridgehead atoms. The van der Waals surface area contributed by atoms with E-state index < -0.39 is 0 Å². The van der Waals surface area contributed by atoms with Gasteiger partial charge < -0.3 is 10.1 Å². The van der Waals surface area contributed by atoms with Crippen molar-refractivity contribution >= 4 is 33.4 Å². The van der Waals surface area contributed by atoms with Gasteiger partial charge in [0.25, 0.3) is 5.91 Å². The van der Waals surface area contributed by atoms with Crippen molar-refractivity contribution in [3.8, 4) is 0 Å². The van der Waals surface area contributed by atoms with Crippen molar-refractivity contribution in [1.29, 1.82) is 0 Å². The monoisotopic (exact) mass is 333 g/mol. The average Bonchev–Trinajstić information content (AvgIpc) is 2.33. The molecule has 18 heavy (non-hydrogen) atoms. The third-order valence-electron chi connectivity index (χ3n) is 2.58. The van der Waals surface area contributed by atoms with E-state index in [2.05, 4.69) is 21.2 Å². The van der Waals surface area contributed by atoms with E-state index in [1.807, 2.05) is 6.92 Å². The lowest BCUT2D eigenvalue weighted by molar-refractivity contribution is 0.0895. The lowest BCUT2D eigenvalue weighted by Crippen LogP contribution is -2.38. The number of hydrogen-bond acceptors (Lipinski definition) is 2. The number of alkyl halides is 1. The maximum atomic E-state index is 12.0. The number of hydrogen-bond donors (Lipinski definition) is 1. The second kappa shape index (κ2) is 7.77. The Hall–Kier alpha value is -0.580. The van der Waals surface area contributed by atoms with E-state index >= 15 is 0 Å². The molecule has 0 aliphatic heterocycles. The molecule has 0 aliphatic rings. The summed E-state index contributed by atoms with van der Waals surface area (Å²) in [6.07, 6.45) is 0.826. The van der Waals surface area contributed by atoms with Crippen molar-refractivity contribution in [3.05, 3.63) is 34.3 Å². The van der Waals surface area contributed by atoms with E-state index in [9.17, 15) is 4.79 Å². The van der Waals surface area contributed by atoms with E-state index in [1.54, 1.807) is 25.3 Å². The number of benzene rings is 1. The zero-order chi connectivity index (χ0) is 13.5. The molecule has 0 saturated heterocycles. The van der Waals surface area contributed by atoms with Crippen LogP contribution in [0.3, 0.4) is 0 Å². The van der Waals surface area contributed by atoms with E-state index in [1.165, 1.54) is 0 Å². The largest absolute Gasteiger partial charge is 0.383 e. The average molecular weight is 335 g/mol. The highest BCUT2D eigenvalue weighted by molar-refractivity contribution is 9.09. The molecule has 3 nitrogen and oxygen atoms in total. The molecule has 1 amide bonds. The van der Waals surface area contributed by atoms with Gasteiger partial charge in [0.1, 0.15) is 0 Å². The van der Waals surface area contributed by atoms with E-state index in [0.717, 1.165) is 17.3 Å². The molecule has 100 valence electrons. The maximum absolute atomic E-state index is 12.0. The molecule has 0 radical (unpaired) electrons. The molecule has 0 fully saturated rings. The Kier molecular flexibility index (Phi) is 6.68. The second-order valence-corrected chi connectivity index (χ2v) is 5.27. The molecule has 1 aromatic rings. The van der Waals surface area contributed by atoms with E-state index in [0.29, 0.717) is 17.2 Å². The molecule has 5 heteroatoms. The quantitative estimate of drug-likeness (QED) is 0.812. The summed E-state index contributed by atoms with van der Waals surface area (Å²) in [7, 11) is 1.62. The van der Waals surface area contributed by atoms with Crippen molar-refractivity contribution < 1.29 is 9.53 Å². The Balaban J connectivity index is 2.70. The van der Waals surface area contributed by atoms with Crippen molar-refractivity contribution in [3.63, 3.8) is 0 Å². The highest BCUT2D eigenvalue weighted by atomic mass is 79.9. The summed E-state index contributed by atoms with van der Waals surface area (Å²) in [5, 5.41) is 4.43. The highest BCUT2D eigenvalue weighted by Crippen LogP contribution is 2.16. The van der Waals surface area contributed by atoms with Gasteiger partial charge in [-0.3, -0.25) is 4.79 Å². The van der Waals surface area contributed by atoms with Gasteiger partial charge in [-0.15, -0.1) is 0 Å². The van der Waals surface area contributed by atoms with Crippen LogP contribution in [-0.2, 0) is 4.74 Å². The summed E-state index contributed by atoms with van der Waals surface area (Å²) in [5.41, 5.74) is 1.51. The van der Waals surface area contributed by atoms with Crippen LogP contribution in [0.15, 0.2) is 18.2 Å². The number of aryl methyl sites for hydroxylation is 1. The lowest BCUT2D eigenvalue weighted by atomic mass is 10.1. The summed E-state index contributed by atoms with van der Waals surface area (Å²) < 4.78 is 5.08. The van der Waals surface area contributed by atoms with Crippen molar-refractivity contribution in [2.75, 3.05) is 19.0 Å². The van der Waals surface area contributed by atoms with Gasteiger partial charge in [0.05, 0.1) is 12.6 Å². The standard InChI is InChI=1S/C13H17BrClNO2/c1-9-7-10(3-4-12(9)15)13(17)16-11(5-6-14)8-18-2/h3-4,7,11H,5-6,8H2,1-2H3,(H,16,17). The third kappa shape index (κ3) is 4.59. The maximum Gasteiger partial charge on any atom is 0.251 e. The molecule has 1 aromatic carbocycles. The predicted molar refractivity (Wildman–Crippen MR) is 77.7 cm³/mol. The fourth-order valence-electron chi connectivity index (χ4n) is 1.58. The topological polar surface area (TPSA) is 38.3 Å². The molecule has 0 aliphatic carbocycles. The lowest BCUT2D eigenvalue weighted by Gasteiger charge is -2.17. The van der Waals surface area contributed by atoms with Crippen LogP contribution in [0.4, 0.5) is 0 Å². The van der Waals surface area contributed by atoms with Gasteiger partial charge in [0.15, 0.2) is 0 Å². The number of halogens is 2. The van der Waals surface area contributed by atoms with Crippen LogP contribution >= 0.6 is 27.5 Å². The number of nitrogens with one attached hydrogen (secondary N) is 1. The number of ether oxygens (including phenoxy) is 1. The number of rotatable bonds is 6.